The smallest absolute Gasteiger partial charge is 0.237 e. The van der Waals surface area contributed by atoms with Gasteiger partial charge >= 0.3 is 0 Å². The van der Waals surface area contributed by atoms with Crippen LogP contribution in [0.4, 0.5) is 0 Å². The summed E-state index contributed by atoms with van der Waals surface area (Å²) in [6, 6.07) is 3.48. The summed E-state index contributed by atoms with van der Waals surface area (Å²) in [5, 5.41) is 6.10. The van der Waals surface area contributed by atoms with Gasteiger partial charge in [0.2, 0.25) is 5.91 Å². The quantitative estimate of drug-likeness (QED) is 0.684. The van der Waals surface area contributed by atoms with Crippen LogP contribution in [0.1, 0.15) is 33.0 Å². The molecular weight excluding hydrogens is 254 g/mol. The molecule has 1 amide bonds. The zero-order valence-electron chi connectivity index (χ0n) is 12.8. The molecule has 0 saturated carbocycles. The summed E-state index contributed by atoms with van der Waals surface area (Å²) in [6.07, 6.45) is 2.77. The van der Waals surface area contributed by atoms with Crippen LogP contribution >= 0.6 is 0 Å². The van der Waals surface area contributed by atoms with Gasteiger partial charge in [-0.1, -0.05) is 13.8 Å². The van der Waals surface area contributed by atoms with E-state index in [4.69, 9.17) is 4.42 Å². The Bertz CT molecular complexity index is 365. The van der Waals surface area contributed by atoms with Gasteiger partial charge in [-0.2, -0.15) is 0 Å². The number of hydrogen-bond acceptors (Lipinski definition) is 4. The molecule has 0 fully saturated rings. The monoisotopic (exact) mass is 281 g/mol. The number of carbonyl (C=O) groups excluding carboxylic acids is 1. The molecule has 1 atom stereocenters. The first-order chi connectivity index (χ1) is 9.67. The van der Waals surface area contributed by atoms with Crippen LogP contribution in [-0.2, 0) is 11.3 Å². The van der Waals surface area contributed by atoms with E-state index in [9.17, 15) is 4.79 Å². The Labute approximate surface area is 121 Å². The third kappa shape index (κ3) is 6.21. The van der Waals surface area contributed by atoms with Gasteiger partial charge in [-0.15, -0.1) is 0 Å². The van der Waals surface area contributed by atoms with Crippen molar-refractivity contribution in [3.05, 3.63) is 24.2 Å². The number of nitrogens with zero attached hydrogens (tertiary/aromatic N) is 1. The van der Waals surface area contributed by atoms with Gasteiger partial charge in [-0.3, -0.25) is 4.79 Å². The topological polar surface area (TPSA) is 57.5 Å². The van der Waals surface area contributed by atoms with Crippen molar-refractivity contribution in [1.29, 1.82) is 0 Å². The molecule has 0 spiro atoms. The predicted octanol–water partition coefficient (Wildman–Crippen LogP) is 1.61. The molecule has 114 valence electrons. The molecule has 2 N–H and O–H groups in total. The molecular formula is C15H27N3O2. The SMILES string of the molecule is CCCN(CC)CCNC(C)C(=O)NCc1ccco1. The highest BCUT2D eigenvalue weighted by Gasteiger charge is 2.12. The van der Waals surface area contributed by atoms with Gasteiger partial charge < -0.3 is 20.0 Å². The number of carbonyl (C=O) groups is 1. The molecule has 1 unspecified atom stereocenters. The molecule has 5 nitrogen and oxygen atoms in total. The molecule has 0 aromatic carbocycles. The van der Waals surface area contributed by atoms with Gasteiger partial charge in [-0.25, -0.2) is 0 Å². The van der Waals surface area contributed by atoms with Gasteiger partial charge in [0.05, 0.1) is 18.8 Å². The maximum Gasteiger partial charge on any atom is 0.237 e. The van der Waals surface area contributed by atoms with Crippen LogP contribution in [0.25, 0.3) is 0 Å². The van der Waals surface area contributed by atoms with E-state index >= 15 is 0 Å². The number of rotatable bonds is 10. The first-order valence-electron chi connectivity index (χ1n) is 7.43. The number of nitrogens with one attached hydrogen (secondary N) is 2. The molecule has 0 saturated heterocycles. The minimum atomic E-state index is -0.190. The highest BCUT2D eigenvalue weighted by Crippen LogP contribution is 1.98. The Kier molecular flexibility index (Phi) is 7.99. The zero-order valence-corrected chi connectivity index (χ0v) is 12.8. The van der Waals surface area contributed by atoms with Crippen molar-refractivity contribution in [3.63, 3.8) is 0 Å². The minimum absolute atomic E-state index is 0.0000556. The lowest BCUT2D eigenvalue weighted by molar-refractivity contribution is -0.123. The Balaban J connectivity index is 2.17. The van der Waals surface area contributed by atoms with E-state index in [1.807, 2.05) is 19.1 Å². The molecule has 0 aliphatic heterocycles. The van der Waals surface area contributed by atoms with E-state index in [0.717, 1.165) is 38.4 Å². The van der Waals surface area contributed by atoms with Crippen LogP contribution in [0, 0.1) is 0 Å². The third-order valence-electron chi connectivity index (χ3n) is 3.28. The first-order valence-corrected chi connectivity index (χ1v) is 7.43. The van der Waals surface area contributed by atoms with Crippen LogP contribution in [-0.4, -0.2) is 43.0 Å². The molecule has 0 radical (unpaired) electrons. The van der Waals surface area contributed by atoms with Crippen molar-refractivity contribution in [1.82, 2.24) is 15.5 Å². The molecule has 5 heteroatoms. The summed E-state index contributed by atoms with van der Waals surface area (Å²) in [5.74, 6) is 0.769. The summed E-state index contributed by atoms with van der Waals surface area (Å²) < 4.78 is 5.18. The fourth-order valence-electron chi connectivity index (χ4n) is 2.02. The number of hydrogen-bond donors (Lipinski definition) is 2. The summed E-state index contributed by atoms with van der Waals surface area (Å²) in [6.45, 7) is 10.6. The van der Waals surface area contributed by atoms with Gasteiger partial charge in [0.25, 0.3) is 0 Å². The summed E-state index contributed by atoms with van der Waals surface area (Å²) in [4.78, 5) is 14.3. The van der Waals surface area contributed by atoms with Crippen molar-refractivity contribution in [2.45, 2.75) is 39.8 Å². The predicted molar refractivity (Wildman–Crippen MR) is 80.4 cm³/mol. The Morgan fingerprint density at radius 2 is 2.20 bits per heavy atom. The number of furan rings is 1. The van der Waals surface area contributed by atoms with Crippen molar-refractivity contribution in [3.8, 4) is 0 Å². The Hall–Kier alpha value is -1.33. The summed E-state index contributed by atoms with van der Waals surface area (Å²) in [7, 11) is 0. The van der Waals surface area contributed by atoms with Crippen molar-refractivity contribution in [2.75, 3.05) is 26.2 Å². The number of amides is 1. The molecule has 0 bridgehead atoms. The first kappa shape index (κ1) is 16.7. The molecule has 20 heavy (non-hydrogen) atoms. The molecule has 1 heterocycles. The maximum atomic E-state index is 11.9. The Morgan fingerprint density at radius 1 is 1.40 bits per heavy atom. The van der Waals surface area contributed by atoms with Gasteiger partial charge in [-0.05, 0) is 38.6 Å². The summed E-state index contributed by atoms with van der Waals surface area (Å²) >= 11 is 0. The van der Waals surface area contributed by atoms with Crippen molar-refractivity contribution in [2.24, 2.45) is 0 Å². The second-order valence-electron chi connectivity index (χ2n) is 4.91. The zero-order chi connectivity index (χ0) is 14.8. The second kappa shape index (κ2) is 9.55. The average Bonchev–Trinajstić information content (AvgIpc) is 2.96. The molecule has 1 rings (SSSR count). The molecule has 0 aliphatic rings. The van der Waals surface area contributed by atoms with Crippen molar-refractivity contribution < 1.29 is 9.21 Å². The third-order valence-corrected chi connectivity index (χ3v) is 3.28. The molecule has 1 aromatic heterocycles. The Morgan fingerprint density at radius 3 is 2.80 bits per heavy atom. The second-order valence-corrected chi connectivity index (χ2v) is 4.91. The van der Waals surface area contributed by atoms with E-state index < -0.39 is 0 Å². The van der Waals surface area contributed by atoms with E-state index in [-0.39, 0.29) is 11.9 Å². The van der Waals surface area contributed by atoms with Gasteiger partial charge in [0.1, 0.15) is 5.76 Å². The van der Waals surface area contributed by atoms with E-state index in [1.165, 1.54) is 0 Å². The van der Waals surface area contributed by atoms with Crippen LogP contribution in [0.3, 0.4) is 0 Å². The van der Waals surface area contributed by atoms with Gasteiger partial charge in [0.15, 0.2) is 0 Å². The highest BCUT2D eigenvalue weighted by atomic mass is 16.3. The fourth-order valence-corrected chi connectivity index (χ4v) is 2.02. The normalized spacial score (nSPS) is 12.6. The highest BCUT2D eigenvalue weighted by molar-refractivity contribution is 5.81. The van der Waals surface area contributed by atoms with E-state index in [1.54, 1.807) is 6.26 Å². The lowest BCUT2D eigenvalue weighted by Crippen LogP contribution is -2.44. The maximum absolute atomic E-state index is 11.9. The summed E-state index contributed by atoms with van der Waals surface area (Å²) in [5.41, 5.74) is 0. The van der Waals surface area contributed by atoms with Crippen LogP contribution in [0.2, 0.25) is 0 Å². The fraction of sp³-hybridized carbons (Fsp3) is 0.667. The molecule has 0 aliphatic carbocycles. The average molecular weight is 281 g/mol. The van der Waals surface area contributed by atoms with E-state index in [0.29, 0.717) is 6.54 Å². The lowest BCUT2D eigenvalue weighted by atomic mass is 10.3. The molecule has 1 aromatic rings. The van der Waals surface area contributed by atoms with Crippen LogP contribution in [0.5, 0.6) is 0 Å². The van der Waals surface area contributed by atoms with Crippen LogP contribution < -0.4 is 10.6 Å². The minimum Gasteiger partial charge on any atom is -0.467 e. The number of likely N-dealkylation sites (N-methyl/N-ethyl adjacent to an activating group) is 1. The lowest BCUT2D eigenvalue weighted by Gasteiger charge is -2.21. The van der Waals surface area contributed by atoms with Gasteiger partial charge in [0, 0.05) is 13.1 Å². The van der Waals surface area contributed by atoms with Crippen LogP contribution in [0.15, 0.2) is 22.8 Å². The largest absolute Gasteiger partial charge is 0.467 e. The van der Waals surface area contributed by atoms with Crippen molar-refractivity contribution >= 4 is 5.91 Å². The standard InChI is InChI=1S/C15H27N3O2/c1-4-9-18(5-2)10-8-16-13(3)15(19)17-12-14-7-6-11-20-14/h6-7,11,13,16H,4-5,8-10,12H2,1-3H3,(H,17,19). The van der Waals surface area contributed by atoms with E-state index in [2.05, 4.69) is 29.4 Å².